The Bertz CT molecular complexity index is 833. The Kier molecular flexibility index (Phi) is 5.06. The maximum absolute atomic E-state index is 5.39. The van der Waals surface area contributed by atoms with E-state index < -0.39 is 0 Å². The second-order valence-electron chi connectivity index (χ2n) is 5.28. The van der Waals surface area contributed by atoms with E-state index in [9.17, 15) is 0 Å². The molecule has 0 saturated heterocycles. The van der Waals surface area contributed by atoms with E-state index in [0.717, 1.165) is 40.0 Å². The standard InChI is InChI=1S/C18H16N2O2S.BrH/c1-2-12-3-5-13(6-4-12)15-10-23-18(20-15)19-14-7-8-16-17(9-14)22-11-21-16;/h3-10H,2,11H2,1H3,(H,19,20);1H. The van der Waals surface area contributed by atoms with Gasteiger partial charge in [0.05, 0.1) is 5.69 Å². The van der Waals surface area contributed by atoms with Crippen molar-refractivity contribution in [3.8, 4) is 22.8 Å². The number of fused-ring (bicyclic) bond motifs is 1. The Labute approximate surface area is 155 Å². The third kappa shape index (κ3) is 3.39. The summed E-state index contributed by atoms with van der Waals surface area (Å²) in [6.07, 6.45) is 1.05. The first-order valence-corrected chi connectivity index (χ1v) is 8.41. The van der Waals surface area contributed by atoms with Gasteiger partial charge in [0.15, 0.2) is 16.6 Å². The summed E-state index contributed by atoms with van der Waals surface area (Å²) in [4.78, 5) is 4.66. The number of anilines is 2. The summed E-state index contributed by atoms with van der Waals surface area (Å²) in [7, 11) is 0. The normalized spacial score (nSPS) is 11.9. The van der Waals surface area contributed by atoms with Crippen molar-refractivity contribution in [2.75, 3.05) is 12.1 Å². The van der Waals surface area contributed by atoms with Crippen molar-refractivity contribution in [3.05, 3.63) is 53.4 Å². The Morgan fingerprint density at radius 3 is 2.67 bits per heavy atom. The minimum atomic E-state index is 0. The molecule has 0 atom stereocenters. The molecule has 1 aromatic heterocycles. The molecule has 1 N–H and O–H groups in total. The van der Waals surface area contributed by atoms with Crippen LogP contribution in [0.5, 0.6) is 11.5 Å². The van der Waals surface area contributed by atoms with Crippen LogP contribution in [-0.2, 0) is 6.42 Å². The van der Waals surface area contributed by atoms with Gasteiger partial charge in [-0.25, -0.2) is 4.98 Å². The number of aromatic nitrogens is 1. The first kappa shape index (κ1) is 16.8. The highest BCUT2D eigenvalue weighted by atomic mass is 79.9. The predicted molar refractivity (Wildman–Crippen MR) is 103 cm³/mol. The monoisotopic (exact) mass is 404 g/mol. The number of benzene rings is 2. The number of thiazole rings is 1. The summed E-state index contributed by atoms with van der Waals surface area (Å²) in [6.45, 7) is 2.44. The highest BCUT2D eigenvalue weighted by molar-refractivity contribution is 8.93. The Hall–Kier alpha value is -2.05. The fourth-order valence-electron chi connectivity index (χ4n) is 2.47. The van der Waals surface area contributed by atoms with Gasteiger partial charge in [0, 0.05) is 22.7 Å². The van der Waals surface area contributed by atoms with Crippen LogP contribution < -0.4 is 14.8 Å². The van der Waals surface area contributed by atoms with Crippen LogP contribution in [0.3, 0.4) is 0 Å². The number of nitrogens with one attached hydrogen (secondary N) is 1. The number of hydrogen-bond donors (Lipinski definition) is 1. The SMILES string of the molecule is Br.CCc1ccc(-c2csc(Nc3ccc4c(c3)OCO4)n2)cc1. The van der Waals surface area contributed by atoms with Crippen molar-refractivity contribution in [2.45, 2.75) is 13.3 Å². The molecule has 2 heterocycles. The highest BCUT2D eigenvalue weighted by Gasteiger charge is 2.13. The van der Waals surface area contributed by atoms with Crippen molar-refractivity contribution in [1.82, 2.24) is 4.98 Å². The van der Waals surface area contributed by atoms with Gasteiger partial charge < -0.3 is 14.8 Å². The highest BCUT2D eigenvalue weighted by Crippen LogP contribution is 2.36. The van der Waals surface area contributed by atoms with E-state index in [4.69, 9.17) is 9.47 Å². The number of nitrogens with zero attached hydrogens (tertiary/aromatic N) is 1. The molecule has 3 aromatic rings. The molecular formula is C18H17BrN2O2S. The zero-order valence-electron chi connectivity index (χ0n) is 13.1. The summed E-state index contributed by atoms with van der Waals surface area (Å²) in [5, 5.41) is 6.24. The Morgan fingerprint density at radius 1 is 1.08 bits per heavy atom. The van der Waals surface area contributed by atoms with Crippen LogP contribution in [0.1, 0.15) is 12.5 Å². The van der Waals surface area contributed by atoms with E-state index in [0.29, 0.717) is 0 Å². The molecule has 124 valence electrons. The first-order valence-electron chi connectivity index (χ1n) is 7.53. The van der Waals surface area contributed by atoms with E-state index in [2.05, 4.69) is 46.9 Å². The van der Waals surface area contributed by atoms with Crippen LogP contribution in [0.25, 0.3) is 11.3 Å². The van der Waals surface area contributed by atoms with Crippen LogP contribution >= 0.6 is 28.3 Å². The van der Waals surface area contributed by atoms with E-state index in [1.807, 2.05) is 18.2 Å². The molecule has 0 bridgehead atoms. The maximum Gasteiger partial charge on any atom is 0.231 e. The quantitative estimate of drug-likeness (QED) is 0.629. The lowest BCUT2D eigenvalue weighted by Gasteiger charge is -2.03. The van der Waals surface area contributed by atoms with E-state index in [1.54, 1.807) is 11.3 Å². The van der Waals surface area contributed by atoms with Gasteiger partial charge in [-0.1, -0.05) is 31.2 Å². The van der Waals surface area contributed by atoms with Crippen molar-refractivity contribution in [2.24, 2.45) is 0 Å². The average Bonchev–Trinajstić information content (AvgIpc) is 3.24. The topological polar surface area (TPSA) is 43.4 Å². The lowest BCUT2D eigenvalue weighted by atomic mass is 10.1. The van der Waals surface area contributed by atoms with Gasteiger partial charge in [-0.2, -0.15) is 0 Å². The molecule has 4 nitrogen and oxygen atoms in total. The minimum Gasteiger partial charge on any atom is -0.454 e. The fourth-order valence-corrected chi connectivity index (χ4v) is 3.21. The third-order valence-electron chi connectivity index (χ3n) is 3.79. The summed E-state index contributed by atoms with van der Waals surface area (Å²) in [6, 6.07) is 14.3. The zero-order valence-corrected chi connectivity index (χ0v) is 15.6. The lowest BCUT2D eigenvalue weighted by Crippen LogP contribution is -1.93. The molecule has 6 heteroatoms. The molecule has 4 rings (SSSR count). The molecule has 0 fully saturated rings. The molecule has 0 radical (unpaired) electrons. The number of ether oxygens (including phenoxy) is 2. The summed E-state index contributed by atoms with van der Waals surface area (Å²) < 4.78 is 10.7. The summed E-state index contributed by atoms with van der Waals surface area (Å²) in [5.41, 5.74) is 4.40. The van der Waals surface area contributed by atoms with Crippen LogP contribution in [0, 0.1) is 0 Å². The lowest BCUT2D eigenvalue weighted by molar-refractivity contribution is 0.174. The third-order valence-corrected chi connectivity index (χ3v) is 4.54. The summed E-state index contributed by atoms with van der Waals surface area (Å²) in [5.74, 6) is 1.55. The molecule has 0 amide bonds. The van der Waals surface area contributed by atoms with Gasteiger partial charge in [-0.15, -0.1) is 28.3 Å². The maximum atomic E-state index is 5.39. The van der Waals surface area contributed by atoms with Crippen LogP contribution in [0.4, 0.5) is 10.8 Å². The number of halogens is 1. The number of hydrogen-bond acceptors (Lipinski definition) is 5. The molecule has 1 aliphatic heterocycles. The molecular weight excluding hydrogens is 388 g/mol. The van der Waals surface area contributed by atoms with E-state index >= 15 is 0 Å². The molecule has 24 heavy (non-hydrogen) atoms. The Morgan fingerprint density at radius 2 is 1.88 bits per heavy atom. The molecule has 0 unspecified atom stereocenters. The van der Waals surface area contributed by atoms with Gasteiger partial charge in [0.2, 0.25) is 6.79 Å². The molecule has 0 saturated carbocycles. The van der Waals surface area contributed by atoms with Crippen LogP contribution in [0.2, 0.25) is 0 Å². The average molecular weight is 405 g/mol. The molecule has 0 aliphatic carbocycles. The number of rotatable bonds is 4. The van der Waals surface area contributed by atoms with Crippen LogP contribution in [0.15, 0.2) is 47.8 Å². The zero-order chi connectivity index (χ0) is 15.6. The Balaban J connectivity index is 0.00000169. The molecule has 0 spiro atoms. The van der Waals surface area contributed by atoms with Gasteiger partial charge in [0.1, 0.15) is 0 Å². The largest absolute Gasteiger partial charge is 0.454 e. The van der Waals surface area contributed by atoms with Crippen molar-refractivity contribution < 1.29 is 9.47 Å². The molecule has 1 aliphatic rings. The predicted octanol–water partition coefficient (Wildman–Crippen LogP) is 5.42. The smallest absolute Gasteiger partial charge is 0.231 e. The molecule has 2 aromatic carbocycles. The van der Waals surface area contributed by atoms with Crippen molar-refractivity contribution in [3.63, 3.8) is 0 Å². The van der Waals surface area contributed by atoms with Crippen LogP contribution in [-0.4, -0.2) is 11.8 Å². The van der Waals surface area contributed by atoms with Gasteiger partial charge in [-0.05, 0) is 24.1 Å². The van der Waals surface area contributed by atoms with E-state index in [-0.39, 0.29) is 23.8 Å². The second-order valence-corrected chi connectivity index (χ2v) is 6.14. The second kappa shape index (κ2) is 7.23. The fraction of sp³-hybridized carbons (Fsp3) is 0.167. The van der Waals surface area contributed by atoms with Gasteiger partial charge in [-0.3, -0.25) is 0 Å². The van der Waals surface area contributed by atoms with E-state index in [1.165, 1.54) is 5.56 Å². The van der Waals surface area contributed by atoms with Crippen molar-refractivity contribution in [1.29, 1.82) is 0 Å². The van der Waals surface area contributed by atoms with Crippen molar-refractivity contribution >= 4 is 39.1 Å². The minimum absolute atomic E-state index is 0. The first-order chi connectivity index (χ1) is 11.3. The van der Waals surface area contributed by atoms with Gasteiger partial charge >= 0.3 is 0 Å². The number of aryl methyl sites for hydroxylation is 1. The van der Waals surface area contributed by atoms with Gasteiger partial charge in [0.25, 0.3) is 0 Å². The summed E-state index contributed by atoms with van der Waals surface area (Å²) >= 11 is 1.59.